The third kappa shape index (κ3) is 4.83. The first kappa shape index (κ1) is 20.8. The van der Waals surface area contributed by atoms with E-state index in [2.05, 4.69) is 22.3 Å². The van der Waals surface area contributed by atoms with Crippen LogP contribution in [-0.4, -0.2) is 67.8 Å². The first-order valence-corrected chi connectivity index (χ1v) is 11.8. The fourth-order valence-electron chi connectivity index (χ4n) is 3.66. The van der Waals surface area contributed by atoms with E-state index in [1.807, 2.05) is 18.2 Å². The van der Waals surface area contributed by atoms with Gasteiger partial charge in [0.2, 0.25) is 10.0 Å². The van der Waals surface area contributed by atoms with E-state index in [9.17, 15) is 13.2 Å². The molecule has 2 aromatic rings. The van der Waals surface area contributed by atoms with Crippen molar-refractivity contribution in [2.45, 2.75) is 30.3 Å². The number of carbonyl (C=O) groups excluding carboxylic acids is 1. The molecular weight excluding hydrogens is 400 g/mol. The summed E-state index contributed by atoms with van der Waals surface area (Å²) >= 11 is 0. The van der Waals surface area contributed by atoms with Crippen molar-refractivity contribution in [2.24, 2.45) is 0 Å². The molecule has 2 aliphatic rings. The number of amides is 2. The van der Waals surface area contributed by atoms with Gasteiger partial charge in [0.05, 0.1) is 4.90 Å². The van der Waals surface area contributed by atoms with Gasteiger partial charge in [-0.05, 0) is 42.7 Å². The van der Waals surface area contributed by atoms with Gasteiger partial charge in [-0.3, -0.25) is 4.90 Å². The number of anilines is 1. The Hall–Kier alpha value is -2.42. The number of carbonyl (C=O) groups is 1. The summed E-state index contributed by atoms with van der Waals surface area (Å²) in [4.78, 5) is 17.0. The second-order valence-electron chi connectivity index (χ2n) is 7.96. The maximum Gasteiger partial charge on any atom is 0.321 e. The highest BCUT2D eigenvalue weighted by atomic mass is 32.2. The predicted molar refractivity (Wildman–Crippen MR) is 117 cm³/mol. The summed E-state index contributed by atoms with van der Waals surface area (Å²) in [7, 11) is -1.84. The molecule has 1 saturated heterocycles. The number of piperazine rings is 1. The fourth-order valence-corrected chi connectivity index (χ4v) is 5.08. The highest BCUT2D eigenvalue weighted by Gasteiger charge is 2.35. The lowest BCUT2D eigenvalue weighted by molar-refractivity contribution is 0.143. The molecule has 1 aliphatic carbocycles. The van der Waals surface area contributed by atoms with E-state index in [4.69, 9.17) is 0 Å². The molecule has 0 unspecified atom stereocenters. The maximum absolute atomic E-state index is 12.6. The van der Waals surface area contributed by atoms with Crippen LogP contribution in [0.2, 0.25) is 0 Å². The average Bonchev–Trinajstić information content (AvgIpc) is 3.60. The van der Waals surface area contributed by atoms with Gasteiger partial charge in [0.25, 0.3) is 0 Å². The van der Waals surface area contributed by atoms with Gasteiger partial charge in [0.1, 0.15) is 0 Å². The minimum Gasteiger partial charge on any atom is -0.322 e. The van der Waals surface area contributed by atoms with Crippen molar-refractivity contribution in [1.82, 2.24) is 14.1 Å². The summed E-state index contributed by atoms with van der Waals surface area (Å²) in [5, 5.41) is 2.88. The summed E-state index contributed by atoms with van der Waals surface area (Å²) in [5.41, 5.74) is 1.87. The Morgan fingerprint density at radius 3 is 2.23 bits per heavy atom. The van der Waals surface area contributed by atoms with Crippen LogP contribution >= 0.6 is 0 Å². The molecule has 1 heterocycles. The zero-order valence-corrected chi connectivity index (χ0v) is 18.0. The van der Waals surface area contributed by atoms with Crippen LogP contribution in [0.5, 0.6) is 0 Å². The number of rotatable bonds is 6. The number of nitrogens with zero attached hydrogens (tertiary/aromatic N) is 3. The number of nitrogens with one attached hydrogen (secondary N) is 1. The van der Waals surface area contributed by atoms with E-state index in [-0.39, 0.29) is 17.0 Å². The molecule has 30 heavy (non-hydrogen) atoms. The van der Waals surface area contributed by atoms with Gasteiger partial charge in [-0.15, -0.1) is 0 Å². The molecule has 1 aliphatic heterocycles. The first-order chi connectivity index (χ1) is 14.4. The van der Waals surface area contributed by atoms with Crippen molar-refractivity contribution < 1.29 is 13.2 Å². The number of benzene rings is 2. The van der Waals surface area contributed by atoms with Crippen molar-refractivity contribution in [3.05, 3.63) is 60.2 Å². The molecule has 160 valence electrons. The highest BCUT2D eigenvalue weighted by molar-refractivity contribution is 7.89. The number of sulfonamides is 1. The van der Waals surface area contributed by atoms with E-state index in [0.717, 1.165) is 32.5 Å². The summed E-state index contributed by atoms with van der Waals surface area (Å²) in [6.45, 7) is 3.87. The first-order valence-electron chi connectivity index (χ1n) is 10.3. The molecule has 2 fully saturated rings. The standard InChI is InChI=1S/C22H28N4O3S/c1-24(20-9-10-20)30(28,29)21-11-7-19(8-12-21)23-22(27)26-15-13-25(14-16-26)17-18-5-3-2-4-6-18/h2-8,11-12,20H,9-10,13-17H2,1H3,(H,23,27). The lowest BCUT2D eigenvalue weighted by Gasteiger charge is -2.34. The van der Waals surface area contributed by atoms with Crippen LogP contribution in [0.25, 0.3) is 0 Å². The van der Waals surface area contributed by atoms with Gasteiger partial charge >= 0.3 is 6.03 Å². The zero-order chi connectivity index (χ0) is 21.1. The molecular formula is C22H28N4O3S. The molecule has 0 radical (unpaired) electrons. The number of urea groups is 1. The molecule has 0 spiro atoms. The number of hydrogen-bond acceptors (Lipinski definition) is 4. The third-order valence-electron chi connectivity index (χ3n) is 5.75. The van der Waals surface area contributed by atoms with Crippen LogP contribution in [-0.2, 0) is 16.6 Å². The average molecular weight is 429 g/mol. The Kier molecular flexibility index (Phi) is 6.08. The summed E-state index contributed by atoms with van der Waals surface area (Å²) < 4.78 is 26.6. The van der Waals surface area contributed by atoms with E-state index in [0.29, 0.717) is 18.8 Å². The summed E-state index contributed by atoms with van der Waals surface area (Å²) in [6, 6.07) is 16.7. The lowest BCUT2D eigenvalue weighted by Crippen LogP contribution is -2.49. The quantitative estimate of drug-likeness (QED) is 0.768. The number of hydrogen-bond donors (Lipinski definition) is 1. The Morgan fingerprint density at radius 1 is 1.00 bits per heavy atom. The normalized spacial score (nSPS) is 17.9. The lowest BCUT2D eigenvalue weighted by atomic mass is 10.2. The van der Waals surface area contributed by atoms with Gasteiger partial charge in [-0.25, -0.2) is 13.2 Å². The van der Waals surface area contributed by atoms with Gasteiger partial charge in [0.15, 0.2) is 0 Å². The molecule has 4 rings (SSSR count). The SMILES string of the molecule is CN(C1CC1)S(=O)(=O)c1ccc(NC(=O)N2CCN(Cc3ccccc3)CC2)cc1. The van der Waals surface area contributed by atoms with Gasteiger partial charge in [-0.1, -0.05) is 30.3 Å². The second-order valence-corrected chi connectivity index (χ2v) is 9.95. The molecule has 0 bridgehead atoms. The van der Waals surface area contributed by atoms with Gasteiger partial charge in [-0.2, -0.15) is 4.31 Å². The molecule has 2 amide bonds. The second kappa shape index (κ2) is 8.75. The molecule has 0 aromatic heterocycles. The minimum absolute atomic E-state index is 0.120. The molecule has 7 nitrogen and oxygen atoms in total. The predicted octanol–water partition coefficient (Wildman–Crippen LogP) is 2.82. The fraction of sp³-hybridized carbons (Fsp3) is 0.409. The molecule has 1 saturated carbocycles. The van der Waals surface area contributed by atoms with E-state index < -0.39 is 10.0 Å². The van der Waals surface area contributed by atoms with Gasteiger partial charge in [0, 0.05) is 51.5 Å². The Labute approximate surface area is 178 Å². The Morgan fingerprint density at radius 2 is 1.63 bits per heavy atom. The van der Waals surface area contributed by atoms with Crippen molar-refractivity contribution in [3.63, 3.8) is 0 Å². The largest absolute Gasteiger partial charge is 0.322 e. The Balaban J connectivity index is 1.29. The van der Waals surface area contributed by atoms with Crippen LogP contribution < -0.4 is 5.32 Å². The molecule has 0 atom stereocenters. The molecule has 1 N–H and O–H groups in total. The van der Waals surface area contributed by atoms with E-state index in [1.54, 1.807) is 36.2 Å². The summed E-state index contributed by atoms with van der Waals surface area (Å²) in [6.07, 6.45) is 1.84. The van der Waals surface area contributed by atoms with Crippen LogP contribution in [0.15, 0.2) is 59.5 Å². The third-order valence-corrected chi connectivity index (χ3v) is 7.68. The minimum atomic E-state index is -3.47. The zero-order valence-electron chi connectivity index (χ0n) is 17.2. The van der Waals surface area contributed by atoms with Crippen LogP contribution in [0.3, 0.4) is 0 Å². The highest BCUT2D eigenvalue weighted by Crippen LogP contribution is 2.30. The van der Waals surface area contributed by atoms with E-state index >= 15 is 0 Å². The van der Waals surface area contributed by atoms with Crippen molar-refractivity contribution >= 4 is 21.7 Å². The topological polar surface area (TPSA) is 73.0 Å². The van der Waals surface area contributed by atoms with E-state index in [1.165, 1.54) is 9.87 Å². The summed E-state index contributed by atoms with van der Waals surface area (Å²) in [5.74, 6) is 0. The Bertz CT molecular complexity index is 967. The van der Waals surface area contributed by atoms with Crippen LogP contribution in [0, 0.1) is 0 Å². The van der Waals surface area contributed by atoms with Gasteiger partial charge < -0.3 is 10.2 Å². The van der Waals surface area contributed by atoms with Crippen molar-refractivity contribution in [1.29, 1.82) is 0 Å². The smallest absolute Gasteiger partial charge is 0.321 e. The van der Waals surface area contributed by atoms with Crippen molar-refractivity contribution in [2.75, 3.05) is 38.5 Å². The van der Waals surface area contributed by atoms with Crippen LogP contribution in [0.4, 0.5) is 10.5 Å². The molecule has 8 heteroatoms. The van der Waals surface area contributed by atoms with Crippen LogP contribution in [0.1, 0.15) is 18.4 Å². The monoisotopic (exact) mass is 428 g/mol. The molecule has 2 aromatic carbocycles. The maximum atomic E-state index is 12.6. The van der Waals surface area contributed by atoms with Crippen molar-refractivity contribution in [3.8, 4) is 0 Å².